The largest absolute Gasteiger partial charge is 0.493 e. The summed E-state index contributed by atoms with van der Waals surface area (Å²) in [6.45, 7) is 7.13. The molecule has 2 aromatic carbocycles. The van der Waals surface area contributed by atoms with Crippen molar-refractivity contribution in [3.63, 3.8) is 0 Å². The van der Waals surface area contributed by atoms with Gasteiger partial charge in [0.15, 0.2) is 17.2 Å². The molecular weight excluding hydrogens is 340 g/mol. The molecule has 3 aromatic rings. The maximum atomic E-state index is 9.61. The Balaban J connectivity index is 2.23. The van der Waals surface area contributed by atoms with E-state index in [-0.39, 0.29) is 5.69 Å². The molecule has 0 atom stereocenters. The number of fused-ring (bicyclic) bond motifs is 1. The predicted molar refractivity (Wildman–Crippen MR) is 104 cm³/mol. The molecule has 1 heterocycles. The van der Waals surface area contributed by atoms with Gasteiger partial charge in [-0.1, -0.05) is 30.3 Å². The molecule has 5 nitrogen and oxygen atoms in total. The van der Waals surface area contributed by atoms with Crippen LogP contribution in [-0.2, 0) is 6.61 Å². The van der Waals surface area contributed by atoms with E-state index in [1.807, 2.05) is 57.2 Å². The number of ether oxygens (including phenoxy) is 3. The van der Waals surface area contributed by atoms with Crippen LogP contribution < -0.4 is 14.2 Å². The van der Waals surface area contributed by atoms with Crippen molar-refractivity contribution in [3.8, 4) is 23.3 Å². The first kappa shape index (κ1) is 18.5. The molecule has 1 aromatic heterocycles. The number of hydrogen-bond donors (Lipinski definition) is 0. The Morgan fingerprint density at radius 2 is 1.63 bits per heavy atom. The van der Waals surface area contributed by atoms with Crippen LogP contribution >= 0.6 is 0 Å². The van der Waals surface area contributed by atoms with Crippen LogP contribution in [0.1, 0.15) is 30.7 Å². The molecule has 138 valence electrons. The molecule has 27 heavy (non-hydrogen) atoms. The van der Waals surface area contributed by atoms with Crippen LogP contribution in [0.2, 0.25) is 0 Å². The summed E-state index contributed by atoms with van der Waals surface area (Å²) in [5, 5.41) is 11.0. The minimum absolute atomic E-state index is 0.289. The Hall–Kier alpha value is -3.26. The molecule has 0 aliphatic carbocycles. The molecule has 5 heteroatoms. The molecule has 0 saturated carbocycles. The van der Waals surface area contributed by atoms with Crippen LogP contribution in [0.3, 0.4) is 0 Å². The summed E-state index contributed by atoms with van der Waals surface area (Å²) < 4.78 is 18.0. The third-order valence-electron chi connectivity index (χ3n) is 4.22. The van der Waals surface area contributed by atoms with E-state index in [0.717, 1.165) is 16.5 Å². The van der Waals surface area contributed by atoms with E-state index in [2.05, 4.69) is 11.1 Å². The lowest BCUT2D eigenvalue weighted by molar-refractivity contribution is 0.268. The number of nitrogens with zero attached hydrogens (tertiary/aromatic N) is 2. The fourth-order valence-corrected chi connectivity index (χ4v) is 3.07. The van der Waals surface area contributed by atoms with Gasteiger partial charge in [0, 0.05) is 17.1 Å². The van der Waals surface area contributed by atoms with Crippen molar-refractivity contribution in [2.24, 2.45) is 0 Å². The van der Waals surface area contributed by atoms with Crippen molar-refractivity contribution in [1.82, 2.24) is 4.98 Å². The second-order valence-corrected chi connectivity index (χ2v) is 5.95. The van der Waals surface area contributed by atoms with Gasteiger partial charge in [0.2, 0.25) is 0 Å². The molecule has 0 aliphatic rings. The number of hydrogen-bond acceptors (Lipinski definition) is 5. The summed E-state index contributed by atoms with van der Waals surface area (Å²) in [5.74, 6) is 1.82. The molecule has 0 N–H and O–H groups in total. The minimum Gasteiger partial charge on any atom is -0.493 e. The van der Waals surface area contributed by atoms with Gasteiger partial charge in [-0.3, -0.25) is 0 Å². The zero-order valence-electron chi connectivity index (χ0n) is 15.8. The molecule has 0 spiro atoms. The normalized spacial score (nSPS) is 10.4. The van der Waals surface area contributed by atoms with E-state index >= 15 is 0 Å². The van der Waals surface area contributed by atoms with E-state index in [9.17, 15) is 5.26 Å². The molecule has 0 aliphatic heterocycles. The molecular formula is C22H22N2O3. The summed E-state index contributed by atoms with van der Waals surface area (Å²) >= 11 is 0. The SMILES string of the molecule is CCOc1c(C)c(OCC)c2ccnc(C#N)c2c1OCc1ccccc1. The second-order valence-electron chi connectivity index (χ2n) is 5.95. The molecule has 3 rings (SSSR count). The van der Waals surface area contributed by atoms with Gasteiger partial charge >= 0.3 is 0 Å². The fraction of sp³-hybridized carbons (Fsp3) is 0.273. The van der Waals surface area contributed by atoms with Crippen LogP contribution in [0, 0.1) is 18.3 Å². The number of aromatic nitrogens is 1. The van der Waals surface area contributed by atoms with Crippen LogP contribution in [0.15, 0.2) is 42.6 Å². The third-order valence-corrected chi connectivity index (χ3v) is 4.22. The van der Waals surface area contributed by atoms with E-state index in [0.29, 0.717) is 42.5 Å². The average molecular weight is 362 g/mol. The Kier molecular flexibility index (Phi) is 5.77. The van der Waals surface area contributed by atoms with Crippen LogP contribution in [-0.4, -0.2) is 18.2 Å². The van der Waals surface area contributed by atoms with Crippen LogP contribution in [0.5, 0.6) is 17.2 Å². The molecule has 0 unspecified atom stereocenters. The second kappa shape index (κ2) is 8.41. The fourth-order valence-electron chi connectivity index (χ4n) is 3.07. The zero-order valence-corrected chi connectivity index (χ0v) is 15.8. The number of nitriles is 1. The lowest BCUT2D eigenvalue weighted by atomic mass is 10.0. The summed E-state index contributed by atoms with van der Waals surface area (Å²) in [7, 11) is 0. The minimum atomic E-state index is 0.289. The monoisotopic (exact) mass is 362 g/mol. The lowest BCUT2D eigenvalue weighted by Gasteiger charge is -2.20. The summed E-state index contributed by atoms with van der Waals surface area (Å²) in [5.41, 5.74) is 2.17. The predicted octanol–water partition coefficient (Wildman–Crippen LogP) is 4.79. The van der Waals surface area contributed by atoms with Gasteiger partial charge in [-0.25, -0.2) is 4.98 Å². The van der Waals surface area contributed by atoms with Gasteiger partial charge in [0.05, 0.1) is 18.6 Å². The first-order valence-electron chi connectivity index (χ1n) is 8.98. The maximum Gasteiger partial charge on any atom is 0.172 e. The maximum absolute atomic E-state index is 9.61. The molecule has 0 bridgehead atoms. The van der Waals surface area contributed by atoms with Crippen molar-refractivity contribution in [2.75, 3.05) is 13.2 Å². The van der Waals surface area contributed by atoms with Gasteiger partial charge in [0.25, 0.3) is 0 Å². The van der Waals surface area contributed by atoms with E-state index in [4.69, 9.17) is 14.2 Å². The average Bonchev–Trinajstić information content (AvgIpc) is 2.71. The highest BCUT2D eigenvalue weighted by Crippen LogP contribution is 2.46. The van der Waals surface area contributed by atoms with Crippen LogP contribution in [0.25, 0.3) is 10.8 Å². The molecule has 0 radical (unpaired) electrons. The van der Waals surface area contributed by atoms with Crippen molar-refractivity contribution in [1.29, 1.82) is 5.26 Å². The highest BCUT2D eigenvalue weighted by molar-refractivity contribution is 5.99. The molecule has 0 amide bonds. The Morgan fingerprint density at radius 3 is 2.30 bits per heavy atom. The quantitative estimate of drug-likeness (QED) is 0.604. The van der Waals surface area contributed by atoms with Gasteiger partial charge < -0.3 is 14.2 Å². The summed E-state index contributed by atoms with van der Waals surface area (Å²) in [6.07, 6.45) is 1.62. The van der Waals surface area contributed by atoms with Gasteiger partial charge in [0.1, 0.15) is 18.4 Å². The highest BCUT2D eigenvalue weighted by atomic mass is 16.5. The Morgan fingerprint density at radius 1 is 0.926 bits per heavy atom. The number of rotatable bonds is 7. The van der Waals surface area contributed by atoms with Crippen molar-refractivity contribution in [2.45, 2.75) is 27.4 Å². The Bertz CT molecular complexity index is 978. The van der Waals surface area contributed by atoms with Gasteiger partial charge in [-0.15, -0.1) is 0 Å². The summed E-state index contributed by atoms with van der Waals surface area (Å²) in [6, 6.07) is 13.9. The van der Waals surface area contributed by atoms with Gasteiger partial charge in [-0.05, 0) is 32.4 Å². The van der Waals surface area contributed by atoms with Crippen molar-refractivity contribution in [3.05, 3.63) is 59.4 Å². The molecule has 0 saturated heterocycles. The standard InChI is InChI=1S/C22H22N2O3/c1-4-25-20-15(3)21(26-5-2)22(27-14-16-9-7-6-8-10-16)19-17(20)11-12-24-18(19)13-23/h6-12H,4-5,14H2,1-3H3. The van der Waals surface area contributed by atoms with Gasteiger partial charge in [-0.2, -0.15) is 5.26 Å². The highest BCUT2D eigenvalue weighted by Gasteiger charge is 2.23. The first-order chi connectivity index (χ1) is 13.2. The van der Waals surface area contributed by atoms with E-state index in [1.54, 1.807) is 6.20 Å². The van der Waals surface area contributed by atoms with Crippen molar-refractivity contribution < 1.29 is 14.2 Å². The third kappa shape index (κ3) is 3.65. The molecule has 0 fully saturated rings. The van der Waals surface area contributed by atoms with Crippen molar-refractivity contribution >= 4 is 10.8 Å². The zero-order chi connectivity index (χ0) is 19.2. The lowest BCUT2D eigenvalue weighted by Crippen LogP contribution is -2.06. The topological polar surface area (TPSA) is 64.4 Å². The smallest absolute Gasteiger partial charge is 0.172 e. The first-order valence-corrected chi connectivity index (χ1v) is 8.98. The van der Waals surface area contributed by atoms with Crippen LogP contribution in [0.4, 0.5) is 0 Å². The number of benzene rings is 2. The van der Waals surface area contributed by atoms with E-state index in [1.165, 1.54) is 0 Å². The number of pyridine rings is 1. The summed E-state index contributed by atoms with van der Waals surface area (Å²) in [4.78, 5) is 4.22. The Labute approximate surface area is 159 Å². The van der Waals surface area contributed by atoms with E-state index < -0.39 is 0 Å².